The van der Waals surface area contributed by atoms with Crippen LogP contribution >= 0.6 is 0 Å². The topological polar surface area (TPSA) is 247 Å². The maximum atomic E-state index is 15.3. The summed E-state index contributed by atoms with van der Waals surface area (Å²) in [5, 5.41) is 15.4. The molecule has 2 amide bonds. The van der Waals surface area contributed by atoms with Crippen molar-refractivity contribution < 1.29 is 38.1 Å². The Balaban J connectivity index is 0.00000845. The molecule has 0 saturated carbocycles. The molecule has 2 atom stereocenters. The van der Waals surface area contributed by atoms with Gasteiger partial charge in [-0.05, 0) is 67.5 Å². The number of benzene rings is 3. The molecule has 2 heterocycles. The Morgan fingerprint density at radius 2 is 1.56 bits per heavy atom. The molecule has 16 nitrogen and oxygen atoms in total. The van der Waals surface area contributed by atoms with Crippen molar-refractivity contribution >= 4 is 40.5 Å². The highest BCUT2D eigenvalue weighted by Crippen LogP contribution is 2.27. The number of ether oxygens (including phenoxy) is 2. The number of Topliss-reactive ketones (excluding diaryl/α,β-unsaturated/α-hetero) is 1. The summed E-state index contributed by atoms with van der Waals surface area (Å²) in [7, 11) is 0. The number of ketones is 1. The van der Waals surface area contributed by atoms with E-state index in [2.05, 4.69) is 10.6 Å². The molecule has 10 N–H and O–H groups in total. The molecular formula is C45H59FN8O8. The van der Waals surface area contributed by atoms with Gasteiger partial charge in [0, 0.05) is 62.6 Å². The highest BCUT2D eigenvalue weighted by Gasteiger charge is 2.26. The van der Waals surface area contributed by atoms with Gasteiger partial charge in [-0.25, -0.2) is 18.8 Å². The van der Waals surface area contributed by atoms with Crippen LogP contribution in [0.5, 0.6) is 0 Å². The molecule has 4 aromatic rings. The lowest BCUT2D eigenvalue weighted by molar-refractivity contribution is -0.120. The molecule has 5 rings (SSSR count). The van der Waals surface area contributed by atoms with Gasteiger partial charge in [-0.2, -0.15) is 0 Å². The summed E-state index contributed by atoms with van der Waals surface area (Å²) in [6.45, 7) is 7.82. The van der Waals surface area contributed by atoms with Crippen LogP contribution < -0.4 is 38.6 Å². The van der Waals surface area contributed by atoms with Gasteiger partial charge in [-0.15, -0.1) is 0 Å². The van der Waals surface area contributed by atoms with Crippen LogP contribution in [0.15, 0.2) is 89.6 Å². The van der Waals surface area contributed by atoms with E-state index < -0.39 is 47.0 Å². The van der Waals surface area contributed by atoms with Gasteiger partial charge in [0.15, 0.2) is 5.78 Å². The molecule has 62 heavy (non-hydrogen) atoms. The van der Waals surface area contributed by atoms with Gasteiger partial charge >= 0.3 is 18.2 Å². The van der Waals surface area contributed by atoms with Crippen molar-refractivity contribution in [2.75, 3.05) is 37.6 Å². The smallest absolute Gasteiger partial charge is 0.410 e. The number of nitrogens with one attached hydrogen (secondary N) is 2. The largest absolute Gasteiger partial charge is 0.477 e. The third kappa shape index (κ3) is 12.8. The van der Waals surface area contributed by atoms with Crippen LogP contribution in [0.1, 0.15) is 67.1 Å². The Morgan fingerprint density at radius 3 is 2.19 bits per heavy atom. The fourth-order valence-corrected chi connectivity index (χ4v) is 7.14. The number of rotatable bonds is 19. The number of anilines is 1. The van der Waals surface area contributed by atoms with Crippen LogP contribution in [-0.2, 0) is 40.4 Å². The number of carbonyl (C=O) groups is 4. The molecular weight excluding hydrogens is 800 g/mol. The third-order valence-corrected chi connectivity index (χ3v) is 10.7. The van der Waals surface area contributed by atoms with Crippen LogP contribution in [-0.4, -0.2) is 83.3 Å². The molecule has 0 radical (unpaired) electrons. The van der Waals surface area contributed by atoms with Gasteiger partial charge in [0.1, 0.15) is 24.6 Å². The van der Waals surface area contributed by atoms with Gasteiger partial charge < -0.3 is 57.2 Å². The van der Waals surface area contributed by atoms with E-state index in [-0.39, 0.29) is 61.6 Å². The number of hydrogen-bond acceptors (Lipinski definition) is 12. The van der Waals surface area contributed by atoms with E-state index in [1.807, 2.05) is 56.3 Å². The van der Waals surface area contributed by atoms with Crippen molar-refractivity contribution in [3.05, 3.63) is 123 Å². The second-order valence-corrected chi connectivity index (χ2v) is 15.3. The maximum absolute atomic E-state index is 15.3. The predicted molar refractivity (Wildman–Crippen MR) is 235 cm³/mol. The predicted octanol–water partition coefficient (Wildman–Crippen LogP) is 5.43. The summed E-state index contributed by atoms with van der Waals surface area (Å²) < 4.78 is 27.9. The molecule has 0 bridgehead atoms. The van der Waals surface area contributed by atoms with Crippen molar-refractivity contribution in [1.29, 1.82) is 0 Å². The van der Waals surface area contributed by atoms with Crippen LogP contribution in [0.2, 0.25) is 0 Å². The number of nitrogens with zero attached hydrogens (tertiary/aromatic N) is 3. The fraction of sp³-hybridized carbons (Fsp3) is 0.400. The number of fused-ring (bicyclic) bond motifs is 1. The first-order chi connectivity index (χ1) is 29.3. The zero-order valence-corrected chi connectivity index (χ0v) is 35.6. The van der Waals surface area contributed by atoms with Crippen LogP contribution in [0, 0.1) is 11.7 Å². The van der Waals surface area contributed by atoms with Crippen molar-refractivity contribution in [3.63, 3.8) is 0 Å². The second kappa shape index (κ2) is 22.9. The fourth-order valence-electron chi connectivity index (χ4n) is 7.14. The zero-order valence-electron chi connectivity index (χ0n) is 35.6. The number of aryl methyl sites for hydroxylation is 1. The SMILES string of the molecule is CCn1cc(C(=O)O)c(=O)c2cc(F)c(N3CCN(C(=O)OCc4ccc(CC(=O)[C@H](CCCCN)N/C=C(\N)[C@@H](NC(=O)OCc5ccccc5)C(C)C)cc4)CC3)cc21.N. The highest BCUT2D eigenvalue weighted by atomic mass is 19.1. The lowest BCUT2D eigenvalue weighted by Crippen LogP contribution is -2.49. The van der Waals surface area contributed by atoms with Gasteiger partial charge in [0.25, 0.3) is 0 Å². The Kier molecular flexibility index (Phi) is 17.8. The first-order valence-electron chi connectivity index (χ1n) is 20.6. The summed E-state index contributed by atoms with van der Waals surface area (Å²) in [5.41, 5.74) is 14.4. The van der Waals surface area contributed by atoms with Crippen LogP contribution in [0.25, 0.3) is 10.9 Å². The molecule has 334 valence electrons. The summed E-state index contributed by atoms with van der Waals surface area (Å²) in [5.74, 6) is -2.14. The Morgan fingerprint density at radius 1 is 0.919 bits per heavy atom. The van der Waals surface area contributed by atoms with E-state index in [1.165, 1.54) is 6.20 Å². The number of pyridine rings is 1. The van der Waals surface area contributed by atoms with Gasteiger partial charge in [0.2, 0.25) is 5.43 Å². The van der Waals surface area contributed by atoms with E-state index >= 15 is 4.39 Å². The molecule has 1 saturated heterocycles. The number of carbonyl (C=O) groups excluding carboxylic acids is 3. The van der Waals surface area contributed by atoms with Crippen molar-refractivity contribution in [3.8, 4) is 0 Å². The van der Waals surface area contributed by atoms with Crippen LogP contribution in [0.4, 0.5) is 19.7 Å². The number of aromatic carboxylic acids is 1. The molecule has 17 heteroatoms. The lowest BCUT2D eigenvalue weighted by atomic mass is 9.98. The number of hydrogen-bond donors (Lipinski definition) is 6. The zero-order chi connectivity index (χ0) is 44.1. The summed E-state index contributed by atoms with van der Waals surface area (Å²) in [6, 6.07) is 18.1. The number of piperazine rings is 1. The summed E-state index contributed by atoms with van der Waals surface area (Å²) in [6.07, 6.45) is 3.89. The molecule has 3 aromatic carbocycles. The number of alkyl carbamates (subject to hydrolysis) is 1. The van der Waals surface area contributed by atoms with E-state index in [0.717, 1.165) is 35.6 Å². The minimum atomic E-state index is -1.37. The average Bonchev–Trinajstić information content (AvgIpc) is 3.25. The van der Waals surface area contributed by atoms with E-state index in [0.29, 0.717) is 43.8 Å². The van der Waals surface area contributed by atoms with Gasteiger partial charge in [-0.3, -0.25) is 9.59 Å². The van der Waals surface area contributed by atoms with E-state index in [9.17, 15) is 29.1 Å². The summed E-state index contributed by atoms with van der Waals surface area (Å²) in [4.78, 5) is 66.8. The molecule has 0 unspecified atom stereocenters. The van der Waals surface area contributed by atoms with Crippen LogP contribution in [0.3, 0.4) is 0 Å². The van der Waals surface area contributed by atoms with Gasteiger partial charge in [0.05, 0.1) is 23.3 Å². The first-order valence-corrected chi connectivity index (χ1v) is 20.6. The standard InChI is InChI=1S/C45H56FN7O8.H3N/c1-4-51-26-34(43(56)57)42(55)33-23-35(46)39(24-38(33)51)52-18-20-53(21-19-52)45(59)61-28-32-15-13-30(14-16-32)22-40(54)37(12-8-9-17-47)49-25-36(48)41(29(2)3)50-44(58)60-27-31-10-6-5-7-11-31;/h5-7,10-11,13-16,23-26,29,37,41,49H,4,8-9,12,17-22,27-28,47-48H2,1-3H3,(H,50,58)(H,56,57);1H3/b36-25-;/t37-,41-;/m0./s1. The number of carboxylic acids is 1. The summed E-state index contributed by atoms with van der Waals surface area (Å²) >= 11 is 0. The maximum Gasteiger partial charge on any atom is 0.410 e. The molecule has 0 aliphatic carbocycles. The van der Waals surface area contributed by atoms with Crippen molar-refractivity contribution in [2.45, 2.75) is 78.3 Å². The molecule has 0 spiro atoms. The van der Waals surface area contributed by atoms with E-state index in [1.54, 1.807) is 45.7 Å². The van der Waals surface area contributed by atoms with E-state index in [4.69, 9.17) is 20.9 Å². The minimum Gasteiger partial charge on any atom is -0.477 e. The molecule has 1 aliphatic heterocycles. The first kappa shape index (κ1) is 48.2. The lowest BCUT2D eigenvalue weighted by Gasteiger charge is -2.35. The number of aromatic nitrogens is 1. The number of carboxylic acid groups (broad SMARTS) is 1. The third-order valence-electron chi connectivity index (χ3n) is 10.7. The Hall–Kier alpha value is -6.46. The molecule has 1 aliphatic rings. The minimum absolute atomic E-state index is 0. The quantitative estimate of drug-likeness (QED) is 0.0645. The Labute approximate surface area is 360 Å². The second-order valence-electron chi connectivity index (χ2n) is 15.3. The number of amides is 2. The molecule has 1 fully saturated rings. The monoisotopic (exact) mass is 858 g/mol. The average molecular weight is 859 g/mol. The number of halogens is 1. The highest BCUT2D eigenvalue weighted by molar-refractivity contribution is 5.93. The van der Waals surface area contributed by atoms with Crippen molar-refractivity contribution in [2.24, 2.45) is 17.4 Å². The molecule has 1 aromatic heterocycles. The number of nitrogens with two attached hydrogens (primary N) is 2. The van der Waals surface area contributed by atoms with Crippen molar-refractivity contribution in [1.82, 2.24) is 26.3 Å². The number of unbranched alkanes of at least 4 members (excludes halogenated alkanes) is 1. The van der Waals surface area contributed by atoms with Gasteiger partial charge in [-0.1, -0.05) is 68.4 Å². The Bertz CT molecular complexity index is 2240. The normalized spacial score (nSPS) is 13.9.